The van der Waals surface area contributed by atoms with E-state index in [-0.39, 0.29) is 30.8 Å². The maximum atomic E-state index is 14.4. The quantitative estimate of drug-likeness (QED) is 0.0782. The fraction of sp³-hybridized carbons (Fsp3) is 0.581. The molecule has 0 saturated carbocycles. The maximum absolute atomic E-state index is 14.4. The van der Waals surface area contributed by atoms with Gasteiger partial charge in [0, 0.05) is 13.2 Å². The van der Waals surface area contributed by atoms with E-state index in [0.717, 1.165) is 25.7 Å². The summed E-state index contributed by atoms with van der Waals surface area (Å²) in [5, 5.41) is 7.22. The summed E-state index contributed by atoms with van der Waals surface area (Å²) in [4.78, 5) is 12.8. The molecule has 11 nitrogen and oxygen atoms in total. The van der Waals surface area contributed by atoms with E-state index >= 15 is 0 Å². The number of benzene rings is 2. The number of phosphoric acid groups is 1. The highest BCUT2D eigenvalue weighted by molar-refractivity contribution is 7.49. The number of amides is 1. The summed E-state index contributed by atoms with van der Waals surface area (Å²) >= 11 is 23.9. The van der Waals surface area contributed by atoms with Gasteiger partial charge in [-0.3, -0.25) is 4.52 Å². The molecule has 0 radical (unpaired) electrons. The number of aliphatic hydroxyl groups is 1. The number of para-hydroxylation sites is 2. The van der Waals surface area contributed by atoms with Crippen LogP contribution >= 0.6 is 54.2 Å². The summed E-state index contributed by atoms with van der Waals surface area (Å²) in [5.41, 5.74) is -1.26. The molecule has 0 spiro atoms. The number of alkyl carbamates (subject to hydrolysis) is 1. The van der Waals surface area contributed by atoms with E-state index in [2.05, 4.69) is 17.3 Å². The van der Waals surface area contributed by atoms with Crippen molar-refractivity contribution in [2.75, 3.05) is 26.4 Å². The number of unbranched alkanes of at least 4 members (excludes halogenated alkanes) is 3. The zero-order valence-corrected chi connectivity index (χ0v) is 30.1. The number of halogens is 4. The molecule has 1 aliphatic heterocycles. The van der Waals surface area contributed by atoms with Gasteiger partial charge in [0.05, 0.1) is 12.7 Å². The third-order valence-electron chi connectivity index (χ3n) is 6.85. The molecule has 6 atom stereocenters. The topological polar surface area (TPSA) is 131 Å². The van der Waals surface area contributed by atoms with E-state index in [1.54, 1.807) is 60.7 Å². The average molecular weight is 763 g/mol. The molecule has 2 unspecified atom stereocenters. The van der Waals surface area contributed by atoms with Gasteiger partial charge in [-0.1, -0.05) is 109 Å². The van der Waals surface area contributed by atoms with Crippen molar-refractivity contribution in [2.45, 2.75) is 85.8 Å². The molecule has 2 N–H and O–H groups in total. The maximum Gasteiger partial charge on any atom is 0.588 e. The molecule has 3 rings (SSSR count). The van der Waals surface area contributed by atoms with Gasteiger partial charge in [0.1, 0.15) is 42.5 Å². The lowest BCUT2D eigenvalue weighted by Crippen LogP contribution is -2.64. The monoisotopic (exact) mass is 761 g/mol. The van der Waals surface area contributed by atoms with Crippen LogP contribution in [0.1, 0.15) is 46.0 Å². The predicted octanol–water partition coefficient (Wildman–Crippen LogP) is 7.82. The van der Waals surface area contributed by atoms with E-state index in [9.17, 15) is 9.36 Å². The molecule has 16 heteroatoms. The molecule has 1 saturated heterocycles. The number of phosphoric ester groups is 1. The molecule has 0 aliphatic carbocycles. The Morgan fingerprint density at radius 1 is 1.02 bits per heavy atom. The van der Waals surface area contributed by atoms with Gasteiger partial charge in [-0.2, -0.15) is 0 Å². The Balaban J connectivity index is 1.90. The third kappa shape index (κ3) is 14.5. The first-order valence-corrected chi connectivity index (χ1v) is 18.3. The lowest BCUT2D eigenvalue weighted by Gasteiger charge is -2.44. The lowest BCUT2D eigenvalue weighted by molar-refractivity contribution is -0.184. The second-order valence-electron chi connectivity index (χ2n) is 10.7. The minimum atomic E-state index is -4.56. The molecule has 1 amide bonds. The SMILES string of the molecule is [3H]OCC1OC(Cl)[C@H](NC(=O)OCC(Cl)(Cl)Cl)[C@@H](OCC[C@@H](C)OCCCCCC)[C@H]1OP(=O)(Oc1ccccc1)Oc1ccccc1. The largest absolute Gasteiger partial charge is 0.588 e. The Labute approximate surface area is 297 Å². The van der Waals surface area contributed by atoms with Gasteiger partial charge in [-0.15, -0.1) is 0 Å². The molecule has 264 valence electrons. The molecule has 1 fully saturated rings. The number of aliphatic hydroxyl groups excluding tert-OH is 1. The Kier molecular flexibility index (Phi) is 16.5. The predicted molar refractivity (Wildman–Crippen MR) is 181 cm³/mol. The molecule has 2 aromatic rings. The molecule has 47 heavy (non-hydrogen) atoms. The fourth-order valence-corrected chi connectivity index (χ4v) is 6.46. The first-order valence-electron chi connectivity index (χ1n) is 15.7. The average Bonchev–Trinajstić information content (AvgIpc) is 3.04. The standard InChI is InChI=1S/C31H42Cl4NO10P/c1-3-4-5-12-18-40-22(2)17-19-41-28-26(36-30(38)42-21-31(33,34)35)29(32)43-25(20-37)27(28)46-47(39,44-23-13-8-6-9-14-23)45-24-15-10-7-11-16-24/h6-11,13-16,22,25-29,37H,3-5,12,17-21H2,1-2H3,(H,36,38)/t22-,25?,26-,27+,28-,29?/m1/s1/i37T. The van der Waals surface area contributed by atoms with Gasteiger partial charge in [-0.25, -0.2) is 9.36 Å². The van der Waals surface area contributed by atoms with E-state index in [1.807, 2.05) is 6.92 Å². The van der Waals surface area contributed by atoms with Crippen LogP contribution in [-0.2, 0) is 28.0 Å². The zero-order valence-electron chi connectivity index (χ0n) is 27.1. The van der Waals surface area contributed by atoms with E-state index in [0.29, 0.717) is 13.0 Å². The number of nitrogens with one attached hydrogen (secondary N) is 1. The van der Waals surface area contributed by atoms with Gasteiger partial charge in [-0.05, 0) is 44.0 Å². The highest BCUT2D eigenvalue weighted by Gasteiger charge is 2.52. The minimum absolute atomic E-state index is 0.101. The summed E-state index contributed by atoms with van der Waals surface area (Å²) < 4.78 is 61.0. The Bertz CT molecular complexity index is 1210. The van der Waals surface area contributed by atoms with Crippen molar-refractivity contribution in [1.29, 1.82) is 1.43 Å². The van der Waals surface area contributed by atoms with Crippen LogP contribution in [0.15, 0.2) is 60.7 Å². The van der Waals surface area contributed by atoms with Crippen LogP contribution in [0.4, 0.5) is 4.79 Å². The van der Waals surface area contributed by atoms with Crippen molar-refractivity contribution >= 4 is 60.3 Å². The number of rotatable bonds is 20. The molecular weight excluding hydrogens is 719 g/mol. The second kappa shape index (κ2) is 20.2. The van der Waals surface area contributed by atoms with Crippen molar-refractivity contribution in [2.24, 2.45) is 0 Å². The van der Waals surface area contributed by atoms with Gasteiger partial charge < -0.3 is 38.4 Å². The van der Waals surface area contributed by atoms with E-state index in [1.165, 1.54) is 0 Å². The lowest BCUT2D eigenvalue weighted by atomic mass is 9.98. The Hall–Kier alpha value is -1.50. The summed E-state index contributed by atoms with van der Waals surface area (Å²) in [6.45, 7) is 3.82. The van der Waals surface area contributed by atoms with Crippen molar-refractivity contribution in [3.05, 3.63) is 60.7 Å². The van der Waals surface area contributed by atoms with Crippen LogP contribution in [0.3, 0.4) is 0 Å². The normalized spacial score (nSPS) is 22.6. The smallest absolute Gasteiger partial charge is 0.445 e. The molecule has 1 heterocycles. The van der Waals surface area contributed by atoms with Crippen molar-refractivity contribution in [1.82, 2.24) is 5.32 Å². The first kappa shape index (κ1) is 38.3. The number of carbonyl (C=O) groups is 1. The van der Waals surface area contributed by atoms with Crippen molar-refractivity contribution in [3.8, 4) is 11.5 Å². The van der Waals surface area contributed by atoms with Gasteiger partial charge in [0.2, 0.25) is 5.22 Å². The molecule has 0 bridgehead atoms. The second-order valence-corrected chi connectivity index (χ2v) is 15.2. The van der Waals surface area contributed by atoms with Crippen LogP contribution in [0.25, 0.3) is 0 Å². The fourth-order valence-electron chi connectivity index (χ4n) is 4.53. The number of hydrogen-bond donors (Lipinski definition) is 2. The van der Waals surface area contributed by atoms with Crippen LogP contribution in [0.5, 0.6) is 11.5 Å². The molecule has 2 aromatic carbocycles. The molecule has 0 aromatic heterocycles. The van der Waals surface area contributed by atoms with E-state index < -0.39 is 54.2 Å². The Morgan fingerprint density at radius 2 is 1.66 bits per heavy atom. The zero-order chi connectivity index (χ0) is 35.0. The first-order chi connectivity index (χ1) is 22.9. The molecular formula is C31H42Cl4NO10P. The van der Waals surface area contributed by atoms with Crippen LogP contribution in [0.2, 0.25) is 0 Å². The summed E-state index contributed by atoms with van der Waals surface area (Å²) in [5.74, 6) is 0.369. The number of carbonyl (C=O) groups excluding carboxylic acids is 1. The van der Waals surface area contributed by atoms with E-state index in [4.69, 9.17) is 80.4 Å². The number of alkyl halides is 4. The van der Waals surface area contributed by atoms with Crippen molar-refractivity contribution < 1.29 is 47.0 Å². The molecule has 1 aliphatic rings. The van der Waals surface area contributed by atoms with Gasteiger partial charge in [0.15, 0.2) is 5.56 Å². The number of ether oxygens (including phenoxy) is 4. The van der Waals surface area contributed by atoms with Gasteiger partial charge >= 0.3 is 13.9 Å². The highest BCUT2D eigenvalue weighted by Crippen LogP contribution is 2.52. The van der Waals surface area contributed by atoms with Crippen molar-refractivity contribution in [3.63, 3.8) is 0 Å². The summed E-state index contributed by atoms with van der Waals surface area (Å²) in [6, 6.07) is 15.4. The summed E-state index contributed by atoms with van der Waals surface area (Å²) in [6.07, 6.45) is -0.0865. The van der Waals surface area contributed by atoms with Crippen LogP contribution in [0, 0.1) is 0 Å². The Morgan fingerprint density at radius 3 is 2.23 bits per heavy atom. The summed E-state index contributed by atoms with van der Waals surface area (Å²) in [7, 11) is -4.56. The third-order valence-corrected chi connectivity index (χ3v) is 8.93. The van der Waals surface area contributed by atoms with Crippen LogP contribution in [-0.4, -0.2) is 78.9 Å². The van der Waals surface area contributed by atoms with Gasteiger partial charge in [0.25, 0.3) is 0 Å². The number of hydrogen-bond acceptors (Lipinski definition) is 10. The minimum Gasteiger partial charge on any atom is -0.445 e. The highest BCUT2D eigenvalue weighted by atomic mass is 35.6. The van der Waals surface area contributed by atoms with Crippen LogP contribution < -0.4 is 14.4 Å².